The maximum atomic E-state index is 5.92. The van der Waals surface area contributed by atoms with Gasteiger partial charge in [0.2, 0.25) is 0 Å². The van der Waals surface area contributed by atoms with Gasteiger partial charge in [0, 0.05) is 25.2 Å². The second-order valence-electron chi connectivity index (χ2n) is 3.53. The summed E-state index contributed by atoms with van der Waals surface area (Å²) < 4.78 is 0. The van der Waals surface area contributed by atoms with Crippen LogP contribution in [0.2, 0.25) is 5.15 Å². The first-order valence-corrected chi connectivity index (χ1v) is 6.38. The van der Waals surface area contributed by atoms with Crippen LogP contribution >= 0.6 is 35.8 Å². The van der Waals surface area contributed by atoms with Gasteiger partial charge < -0.3 is 10.6 Å². The van der Waals surface area contributed by atoms with Crippen LogP contribution in [0.4, 0.5) is 5.82 Å². The molecule has 0 amide bonds. The Morgan fingerprint density at radius 1 is 1.56 bits per heavy atom. The number of hydrogen-bond acceptors (Lipinski definition) is 5. The molecule has 1 aliphatic heterocycles. The summed E-state index contributed by atoms with van der Waals surface area (Å²) >= 11 is 7.41. The van der Waals surface area contributed by atoms with Crippen LogP contribution in [0.15, 0.2) is 11.2 Å². The summed E-state index contributed by atoms with van der Waals surface area (Å²) in [5, 5.41) is 1.20. The van der Waals surface area contributed by atoms with E-state index in [0.717, 1.165) is 25.3 Å². The molecular weight excluding hydrogens is 267 g/mol. The molecule has 2 N–H and O–H groups in total. The van der Waals surface area contributed by atoms with E-state index in [0.29, 0.717) is 10.3 Å². The van der Waals surface area contributed by atoms with Gasteiger partial charge in [-0.2, -0.15) is 0 Å². The molecule has 0 aliphatic carbocycles. The minimum atomic E-state index is 0. The van der Waals surface area contributed by atoms with Crippen LogP contribution in [0.5, 0.6) is 0 Å². The molecule has 0 spiro atoms. The molecule has 90 valence electrons. The number of nitrogens with zero attached hydrogens (tertiary/aromatic N) is 3. The predicted octanol–water partition coefficient (Wildman–Crippen LogP) is 1.81. The summed E-state index contributed by atoms with van der Waals surface area (Å²) in [6.45, 7) is 1.80. The Labute approximate surface area is 110 Å². The van der Waals surface area contributed by atoms with E-state index in [2.05, 4.69) is 14.9 Å². The number of rotatable bonds is 2. The first-order chi connectivity index (χ1) is 7.19. The lowest BCUT2D eigenvalue weighted by Crippen LogP contribution is -2.27. The van der Waals surface area contributed by atoms with Crippen molar-refractivity contribution in [1.29, 1.82) is 0 Å². The molecule has 0 radical (unpaired) electrons. The third-order valence-corrected chi connectivity index (χ3v) is 3.13. The van der Waals surface area contributed by atoms with E-state index in [-0.39, 0.29) is 18.4 Å². The molecule has 1 atom stereocenters. The summed E-state index contributed by atoms with van der Waals surface area (Å²) in [4.78, 5) is 10.7. The van der Waals surface area contributed by atoms with Gasteiger partial charge in [0.25, 0.3) is 0 Å². The minimum absolute atomic E-state index is 0. The smallest absolute Gasteiger partial charge is 0.190 e. The normalized spacial score (nSPS) is 19.7. The summed E-state index contributed by atoms with van der Waals surface area (Å²) in [7, 11) is 0. The van der Waals surface area contributed by atoms with Crippen LogP contribution in [-0.4, -0.2) is 35.4 Å². The molecule has 1 fully saturated rings. The maximum absolute atomic E-state index is 5.92. The molecule has 16 heavy (non-hydrogen) atoms. The van der Waals surface area contributed by atoms with Crippen LogP contribution in [0.1, 0.15) is 6.42 Å². The zero-order valence-corrected chi connectivity index (χ0v) is 11.3. The Morgan fingerprint density at radius 3 is 2.88 bits per heavy atom. The largest absolute Gasteiger partial charge is 0.355 e. The highest BCUT2D eigenvalue weighted by Crippen LogP contribution is 2.22. The Bertz CT molecular complexity index is 363. The van der Waals surface area contributed by atoms with E-state index in [9.17, 15) is 0 Å². The topological polar surface area (TPSA) is 55.0 Å². The third kappa shape index (κ3) is 3.13. The van der Waals surface area contributed by atoms with E-state index < -0.39 is 0 Å². The predicted molar refractivity (Wildman–Crippen MR) is 70.9 cm³/mol. The number of halogens is 2. The van der Waals surface area contributed by atoms with Crippen molar-refractivity contribution in [2.75, 3.05) is 24.2 Å². The quantitative estimate of drug-likeness (QED) is 0.509. The Kier molecular flexibility index (Phi) is 5.11. The minimum Gasteiger partial charge on any atom is -0.355 e. The van der Waals surface area contributed by atoms with Gasteiger partial charge in [0.1, 0.15) is 11.0 Å². The van der Waals surface area contributed by atoms with Crippen molar-refractivity contribution in [2.24, 2.45) is 5.73 Å². The lowest BCUT2D eigenvalue weighted by atomic mass is 10.3. The van der Waals surface area contributed by atoms with E-state index in [1.54, 1.807) is 6.07 Å². The zero-order valence-electron chi connectivity index (χ0n) is 8.89. The van der Waals surface area contributed by atoms with E-state index in [1.165, 1.54) is 11.8 Å². The fraction of sp³-hybridized carbons (Fsp3) is 0.556. The van der Waals surface area contributed by atoms with Crippen molar-refractivity contribution in [1.82, 2.24) is 9.97 Å². The van der Waals surface area contributed by atoms with Gasteiger partial charge in [-0.05, 0) is 12.7 Å². The standard InChI is InChI=1S/C9H13ClN4S.ClH/c1-15-9-12-7(10)4-8(13-9)14-3-2-6(11)5-14;/h4,6H,2-3,5,11H2,1H3;1H/t6-;/m1./s1. The highest BCUT2D eigenvalue weighted by atomic mass is 35.5. The monoisotopic (exact) mass is 280 g/mol. The van der Waals surface area contributed by atoms with E-state index in [1.807, 2.05) is 6.26 Å². The molecule has 0 bridgehead atoms. The highest BCUT2D eigenvalue weighted by molar-refractivity contribution is 7.98. The Hall–Kier alpha value is -0.230. The van der Waals surface area contributed by atoms with Crippen molar-refractivity contribution in [3.63, 3.8) is 0 Å². The molecule has 4 nitrogen and oxygen atoms in total. The molecule has 1 saturated heterocycles. The average molecular weight is 281 g/mol. The first-order valence-electron chi connectivity index (χ1n) is 4.78. The van der Waals surface area contributed by atoms with Gasteiger partial charge in [-0.25, -0.2) is 9.97 Å². The lowest BCUT2D eigenvalue weighted by molar-refractivity contribution is 0.750. The van der Waals surface area contributed by atoms with Crippen LogP contribution < -0.4 is 10.6 Å². The molecule has 0 unspecified atom stereocenters. The van der Waals surface area contributed by atoms with Gasteiger partial charge in [0.15, 0.2) is 5.16 Å². The van der Waals surface area contributed by atoms with E-state index >= 15 is 0 Å². The molecule has 2 heterocycles. The number of nitrogens with two attached hydrogens (primary N) is 1. The molecule has 7 heteroatoms. The average Bonchev–Trinajstić information content (AvgIpc) is 2.64. The van der Waals surface area contributed by atoms with Crippen molar-refractivity contribution < 1.29 is 0 Å². The second kappa shape index (κ2) is 5.91. The molecule has 1 aromatic rings. The summed E-state index contributed by atoms with van der Waals surface area (Å²) in [6, 6.07) is 2.04. The number of hydrogen-bond donors (Lipinski definition) is 1. The van der Waals surface area contributed by atoms with Gasteiger partial charge in [0.05, 0.1) is 0 Å². The van der Waals surface area contributed by atoms with Crippen LogP contribution in [0.3, 0.4) is 0 Å². The molecular formula is C9H14Cl2N4S. The van der Waals surface area contributed by atoms with Gasteiger partial charge in [-0.1, -0.05) is 23.4 Å². The molecule has 2 rings (SSSR count). The zero-order chi connectivity index (χ0) is 10.8. The number of aromatic nitrogens is 2. The van der Waals surface area contributed by atoms with Crippen molar-refractivity contribution >= 4 is 41.6 Å². The maximum Gasteiger partial charge on any atom is 0.190 e. The summed E-state index contributed by atoms with van der Waals surface area (Å²) in [6.07, 6.45) is 2.95. The Morgan fingerprint density at radius 2 is 2.31 bits per heavy atom. The fourth-order valence-corrected chi connectivity index (χ4v) is 2.24. The van der Waals surface area contributed by atoms with Crippen molar-refractivity contribution in [3.8, 4) is 0 Å². The SMILES string of the molecule is CSc1nc(Cl)cc(N2CC[C@@H](N)C2)n1.Cl. The van der Waals surface area contributed by atoms with Crippen LogP contribution in [-0.2, 0) is 0 Å². The summed E-state index contributed by atoms with van der Waals surface area (Å²) in [5.74, 6) is 0.882. The van der Waals surface area contributed by atoms with Gasteiger partial charge in [-0.15, -0.1) is 12.4 Å². The van der Waals surface area contributed by atoms with Gasteiger partial charge >= 0.3 is 0 Å². The molecule has 1 aromatic heterocycles. The third-order valence-electron chi connectivity index (χ3n) is 2.39. The van der Waals surface area contributed by atoms with E-state index in [4.69, 9.17) is 17.3 Å². The highest BCUT2D eigenvalue weighted by Gasteiger charge is 2.21. The summed E-state index contributed by atoms with van der Waals surface area (Å²) in [5.41, 5.74) is 5.85. The van der Waals surface area contributed by atoms with Gasteiger partial charge in [-0.3, -0.25) is 0 Å². The Balaban J connectivity index is 0.00000128. The number of anilines is 1. The second-order valence-corrected chi connectivity index (χ2v) is 4.69. The molecule has 1 aliphatic rings. The van der Waals surface area contributed by atoms with Crippen LogP contribution in [0, 0.1) is 0 Å². The van der Waals surface area contributed by atoms with Crippen LogP contribution in [0.25, 0.3) is 0 Å². The fourth-order valence-electron chi connectivity index (χ4n) is 1.63. The van der Waals surface area contributed by atoms with Crippen molar-refractivity contribution in [3.05, 3.63) is 11.2 Å². The first kappa shape index (κ1) is 13.8. The molecule has 0 aromatic carbocycles. The van der Waals surface area contributed by atoms with Crippen molar-refractivity contribution in [2.45, 2.75) is 17.6 Å². The number of thioether (sulfide) groups is 1. The molecule has 0 saturated carbocycles. The lowest BCUT2D eigenvalue weighted by Gasteiger charge is -2.17.